The van der Waals surface area contributed by atoms with Crippen molar-refractivity contribution in [3.05, 3.63) is 59.4 Å². The van der Waals surface area contributed by atoms with Crippen LogP contribution < -0.4 is 10.6 Å². The molecular weight excluding hydrogens is 243 g/mol. The van der Waals surface area contributed by atoms with Gasteiger partial charge in [-0.1, -0.05) is 17.7 Å². The molecule has 0 spiro atoms. The van der Waals surface area contributed by atoms with Crippen LogP contribution in [0.1, 0.15) is 15.9 Å². The molecule has 98 valence electrons. The minimum atomic E-state index is -0.513. The van der Waals surface area contributed by atoms with Crippen molar-refractivity contribution in [1.82, 2.24) is 0 Å². The van der Waals surface area contributed by atoms with Gasteiger partial charge in [-0.2, -0.15) is 0 Å². The first-order valence-corrected chi connectivity index (χ1v) is 5.88. The van der Waals surface area contributed by atoms with Crippen molar-refractivity contribution in [3.8, 4) is 0 Å². The zero-order valence-electron chi connectivity index (χ0n) is 10.9. The molecule has 0 fully saturated rings. The molecule has 0 heterocycles. The molecular formula is C15H15FN2O. The number of aryl methyl sites for hydroxylation is 1. The van der Waals surface area contributed by atoms with E-state index in [0.29, 0.717) is 0 Å². The average Bonchev–Trinajstić information content (AvgIpc) is 2.37. The Balaban J connectivity index is 2.30. The first-order chi connectivity index (χ1) is 8.97. The molecule has 0 atom stereocenters. The van der Waals surface area contributed by atoms with Crippen LogP contribution in [0.5, 0.6) is 0 Å². The van der Waals surface area contributed by atoms with Gasteiger partial charge < -0.3 is 10.6 Å². The molecule has 3 nitrogen and oxygen atoms in total. The summed E-state index contributed by atoms with van der Waals surface area (Å²) >= 11 is 0. The summed E-state index contributed by atoms with van der Waals surface area (Å²) in [6.45, 7) is 1.97. The Labute approximate surface area is 111 Å². The van der Waals surface area contributed by atoms with Gasteiger partial charge in [-0.15, -0.1) is 0 Å². The van der Waals surface area contributed by atoms with Crippen LogP contribution in [-0.4, -0.2) is 13.0 Å². The van der Waals surface area contributed by atoms with Crippen LogP contribution in [0.25, 0.3) is 0 Å². The summed E-state index contributed by atoms with van der Waals surface area (Å²) in [6, 6.07) is 11.4. The van der Waals surface area contributed by atoms with E-state index in [2.05, 4.69) is 0 Å². The maximum Gasteiger partial charge on any atom is 0.258 e. The molecule has 0 radical (unpaired) electrons. The van der Waals surface area contributed by atoms with E-state index in [1.54, 1.807) is 7.05 Å². The molecule has 1 amide bonds. The third-order valence-electron chi connectivity index (χ3n) is 2.89. The van der Waals surface area contributed by atoms with Gasteiger partial charge in [0.25, 0.3) is 5.91 Å². The summed E-state index contributed by atoms with van der Waals surface area (Å²) in [7, 11) is 1.65. The molecule has 0 bridgehead atoms. The highest BCUT2D eigenvalue weighted by atomic mass is 19.1. The molecule has 0 saturated carbocycles. The van der Waals surface area contributed by atoms with Crippen LogP contribution in [0.2, 0.25) is 0 Å². The molecule has 2 N–H and O–H groups in total. The SMILES string of the molecule is Cc1ccc(N(C)C(=O)c2cc(N)cc(F)c2)cc1. The van der Waals surface area contributed by atoms with Crippen molar-refractivity contribution in [1.29, 1.82) is 0 Å². The maximum atomic E-state index is 13.3. The van der Waals surface area contributed by atoms with E-state index in [1.807, 2.05) is 31.2 Å². The minimum Gasteiger partial charge on any atom is -0.399 e. The highest BCUT2D eigenvalue weighted by molar-refractivity contribution is 6.06. The average molecular weight is 258 g/mol. The first kappa shape index (κ1) is 13.1. The predicted octanol–water partition coefficient (Wildman–Crippen LogP) is 2.99. The molecule has 2 aromatic carbocycles. The Bertz CT molecular complexity index is 588. The fourth-order valence-electron chi connectivity index (χ4n) is 1.82. The summed E-state index contributed by atoms with van der Waals surface area (Å²) in [5.74, 6) is -0.810. The van der Waals surface area contributed by atoms with E-state index < -0.39 is 5.82 Å². The predicted molar refractivity (Wildman–Crippen MR) is 74.7 cm³/mol. The zero-order chi connectivity index (χ0) is 14.0. The van der Waals surface area contributed by atoms with Crippen LogP contribution in [-0.2, 0) is 0 Å². The van der Waals surface area contributed by atoms with Crippen molar-refractivity contribution in [3.63, 3.8) is 0 Å². The van der Waals surface area contributed by atoms with Crippen molar-refractivity contribution in [2.24, 2.45) is 0 Å². The number of anilines is 2. The van der Waals surface area contributed by atoms with Gasteiger partial charge >= 0.3 is 0 Å². The van der Waals surface area contributed by atoms with Crippen molar-refractivity contribution in [2.75, 3.05) is 17.7 Å². The number of rotatable bonds is 2. The summed E-state index contributed by atoms with van der Waals surface area (Å²) in [5.41, 5.74) is 7.88. The number of carbonyl (C=O) groups excluding carboxylic acids is 1. The third-order valence-corrected chi connectivity index (χ3v) is 2.89. The number of hydrogen-bond acceptors (Lipinski definition) is 2. The molecule has 0 aliphatic heterocycles. The van der Waals surface area contributed by atoms with E-state index >= 15 is 0 Å². The Morgan fingerprint density at radius 1 is 1.16 bits per heavy atom. The number of halogens is 1. The summed E-state index contributed by atoms with van der Waals surface area (Å²) < 4.78 is 13.3. The van der Waals surface area contributed by atoms with Gasteiger partial charge in [0.15, 0.2) is 0 Å². The second-order valence-electron chi connectivity index (χ2n) is 4.47. The normalized spacial score (nSPS) is 10.3. The van der Waals surface area contributed by atoms with Gasteiger partial charge in [0.05, 0.1) is 0 Å². The number of nitrogen functional groups attached to an aromatic ring is 1. The highest BCUT2D eigenvalue weighted by Gasteiger charge is 2.14. The van der Waals surface area contributed by atoms with E-state index in [1.165, 1.54) is 23.1 Å². The van der Waals surface area contributed by atoms with Crippen molar-refractivity contribution >= 4 is 17.3 Å². The van der Waals surface area contributed by atoms with Gasteiger partial charge in [0, 0.05) is 24.0 Å². The summed E-state index contributed by atoms with van der Waals surface area (Å²) in [5, 5.41) is 0. The monoisotopic (exact) mass is 258 g/mol. The quantitative estimate of drug-likeness (QED) is 0.842. The second-order valence-corrected chi connectivity index (χ2v) is 4.47. The van der Waals surface area contributed by atoms with Gasteiger partial charge in [0.2, 0.25) is 0 Å². The van der Waals surface area contributed by atoms with E-state index in [-0.39, 0.29) is 17.2 Å². The lowest BCUT2D eigenvalue weighted by Crippen LogP contribution is -2.26. The number of carbonyl (C=O) groups is 1. The standard InChI is InChI=1S/C15H15FN2O/c1-10-3-5-14(6-4-10)18(2)15(19)11-7-12(16)9-13(17)8-11/h3-9H,17H2,1-2H3. The molecule has 19 heavy (non-hydrogen) atoms. The number of hydrogen-bond donors (Lipinski definition) is 1. The lowest BCUT2D eigenvalue weighted by Gasteiger charge is -2.18. The van der Waals surface area contributed by atoms with Crippen LogP contribution in [0.15, 0.2) is 42.5 Å². The molecule has 0 aliphatic rings. The Morgan fingerprint density at radius 2 is 1.79 bits per heavy atom. The van der Waals surface area contributed by atoms with Crippen molar-refractivity contribution < 1.29 is 9.18 Å². The Hall–Kier alpha value is -2.36. The zero-order valence-corrected chi connectivity index (χ0v) is 10.9. The molecule has 0 unspecified atom stereocenters. The number of amides is 1. The minimum absolute atomic E-state index is 0.237. The summed E-state index contributed by atoms with van der Waals surface area (Å²) in [4.78, 5) is 13.7. The number of benzene rings is 2. The molecule has 0 saturated heterocycles. The fraction of sp³-hybridized carbons (Fsp3) is 0.133. The number of nitrogens with two attached hydrogens (primary N) is 1. The van der Waals surface area contributed by atoms with Crippen LogP contribution >= 0.6 is 0 Å². The fourth-order valence-corrected chi connectivity index (χ4v) is 1.82. The molecule has 0 aromatic heterocycles. The van der Waals surface area contributed by atoms with Gasteiger partial charge in [-0.25, -0.2) is 4.39 Å². The topological polar surface area (TPSA) is 46.3 Å². The lowest BCUT2D eigenvalue weighted by atomic mass is 10.1. The van der Waals surface area contributed by atoms with Gasteiger partial charge in [-0.05, 0) is 37.3 Å². The summed E-state index contributed by atoms with van der Waals surface area (Å²) in [6.07, 6.45) is 0. The van der Waals surface area contributed by atoms with Gasteiger partial charge in [0.1, 0.15) is 5.82 Å². The Kier molecular flexibility index (Phi) is 3.51. The van der Waals surface area contributed by atoms with Crippen LogP contribution in [0.4, 0.5) is 15.8 Å². The first-order valence-electron chi connectivity index (χ1n) is 5.88. The smallest absolute Gasteiger partial charge is 0.258 e. The second kappa shape index (κ2) is 5.10. The molecule has 2 aromatic rings. The van der Waals surface area contributed by atoms with Crippen molar-refractivity contribution in [2.45, 2.75) is 6.92 Å². The van der Waals surface area contributed by atoms with E-state index in [9.17, 15) is 9.18 Å². The van der Waals surface area contributed by atoms with E-state index in [4.69, 9.17) is 5.73 Å². The van der Waals surface area contributed by atoms with E-state index in [0.717, 1.165) is 11.3 Å². The third kappa shape index (κ3) is 2.91. The Morgan fingerprint density at radius 3 is 2.37 bits per heavy atom. The highest BCUT2D eigenvalue weighted by Crippen LogP contribution is 2.18. The molecule has 4 heteroatoms. The van der Waals surface area contributed by atoms with Crippen LogP contribution in [0.3, 0.4) is 0 Å². The maximum absolute atomic E-state index is 13.3. The molecule has 0 aliphatic carbocycles. The number of nitrogens with zero attached hydrogens (tertiary/aromatic N) is 1. The molecule has 2 rings (SSSR count). The van der Waals surface area contributed by atoms with Gasteiger partial charge in [-0.3, -0.25) is 4.79 Å². The van der Waals surface area contributed by atoms with Crippen LogP contribution in [0, 0.1) is 12.7 Å². The lowest BCUT2D eigenvalue weighted by molar-refractivity contribution is 0.0992. The largest absolute Gasteiger partial charge is 0.399 e.